The fraction of sp³-hybridized carbons (Fsp3) is 0.400. The Hall–Kier alpha value is -1.79. The first-order valence-electron chi connectivity index (χ1n) is 6.27. The second-order valence-corrected chi connectivity index (χ2v) is 4.36. The highest BCUT2D eigenvalue weighted by atomic mass is 16.2. The van der Waals surface area contributed by atoms with Crippen LogP contribution in [0.2, 0.25) is 0 Å². The van der Waals surface area contributed by atoms with E-state index < -0.39 is 0 Å². The Balaban J connectivity index is 2.19. The molecule has 0 unspecified atom stereocenters. The van der Waals surface area contributed by atoms with Crippen LogP contribution in [-0.4, -0.2) is 35.1 Å². The molecule has 0 radical (unpaired) electrons. The number of hydrogen-bond acceptors (Lipinski definition) is 2. The molecule has 1 N–H and O–H groups in total. The zero-order valence-electron chi connectivity index (χ0n) is 10.5. The summed E-state index contributed by atoms with van der Waals surface area (Å²) in [5.74, 6) is 5.49. The molecule has 18 heavy (non-hydrogen) atoms. The molecule has 0 saturated heterocycles. The Kier molecular flexibility index (Phi) is 4.01. The maximum absolute atomic E-state index is 12.3. The molecular weight excluding hydrogens is 226 g/mol. The Morgan fingerprint density at radius 2 is 2.28 bits per heavy atom. The minimum atomic E-state index is -0.165. The van der Waals surface area contributed by atoms with Crippen LogP contribution < -0.4 is 0 Å². The van der Waals surface area contributed by atoms with Crippen molar-refractivity contribution in [1.82, 2.24) is 4.90 Å². The molecule has 1 saturated carbocycles. The highest BCUT2D eigenvalue weighted by molar-refractivity contribution is 5.95. The largest absolute Gasteiger partial charge is 0.384 e. The lowest BCUT2D eigenvalue weighted by molar-refractivity contribution is 0.0752. The molecule has 0 bridgehead atoms. The van der Waals surface area contributed by atoms with E-state index in [1.54, 1.807) is 6.07 Å². The van der Waals surface area contributed by atoms with Crippen molar-refractivity contribution in [3.05, 3.63) is 35.4 Å². The lowest BCUT2D eigenvalue weighted by Crippen LogP contribution is -2.32. The van der Waals surface area contributed by atoms with Crippen LogP contribution >= 0.6 is 0 Å². The van der Waals surface area contributed by atoms with Gasteiger partial charge in [-0.25, -0.2) is 0 Å². The number of carbonyl (C=O) groups excluding carboxylic acids is 1. The molecule has 0 spiro atoms. The summed E-state index contributed by atoms with van der Waals surface area (Å²) in [4.78, 5) is 14.2. The second-order valence-electron chi connectivity index (χ2n) is 4.36. The van der Waals surface area contributed by atoms with Crippen LogP contribution in [0.5, 0.6) is 0 Å². The van der Waals surface area contributed by atoms with Gasteiger partial charge >= 0.3 is 0 Å². The molecular formula is C15H17NO2. The molecule has 1 aromatic rings. The Labute approximate surface area is 107 Å². The minimum absolute atomic E-state index is 0.0765. The van der Waals surface area contributed by atoms with Gasteiger partial charge in [0.05, 0.1) is 0 Å². The first-order valence-corrected chi connectivity index (χ1v) is 6.27. The van der Waals surface area contributed by atoms with Gasteiger partial charge in [-0.3, -0.25) is 4.79 Å². The number of hydrogen-bond donors (Lipinski definition) is 1. The van der Waals surface area contributed by atoms with Crippen molar-refractivity contribution < 1.29 is 9.90 Å². The van der Waals surface area contributed by atoms with E-state index in [2.05, 4.69) is 11.8 Å². The summed E-state index contributed by atoms with van der Waals surface area (Å²) >= 11 is 0. The fourth-order valence-electron chi connectivity index (χ4n) is 1.99. The summed E-state index contributed by atoms with van der Waals surface area (Å²) in [5.41, 5.74) is 1.44. The average molecular weight is 243 g/mol. The van der Waals surface area contributed by atoms with Crippen molar-refractivity contribution in [3.63, 3.8) is 0 Å². The van der Waals surface area contributed by atoms with Crippen LogP contribution in [0, 0.1) is 11.8 Å². The first-order chi connectivity index (χ1) is 8.76. The monoisotopic (exact) mass is 243 g/mol. The van der Waals surface area contributed by atoms with Crippen molar-refractivity contribution in [2.75, 3.05) is 13.2 Å². The fourth-order valence-corrected chi connectivity index (χ4v) is 1.99. The van der Waals surface area contributed by atoms with Crippen molar-refractivity contribution in [2.24, 2.45) is 0 Å². The molecule has 0 heterocycles. The van der Waals surface area contributed by atoms with Gasteiger partial charge in [0.1, 0.15) is 6.61 Å². The van der Waals surface area contributed by atoms with E-state index in [1.807, 2.05) is 30.0 Å². The van der Waals surface area contributed by atoms with Gasteiger partial charge in [-0.1, -0.05) is 17.9 Å². The van der Waals surface area contributed by atoms with Crippen LogP contribution in [0.4, 0.5) is 0 Å². The van der Waals surface area contributed by atoms with Crippen LogP contribution in [0.15, 0.2) is 24.3 Å². The summed E-state index contributed by atoms with van der Waals surface area (Å²) in [6, 6.07) is 7.70. The van der Waals surface area contributed by atoms with E-state index in [0.29, 0.717) is 11.6 Å². The van der Waals surface area contributed by atoms with E-state index in [1.165, 1.54) is 0 Å². The van der Waals surface area contributed by atoms with E-state index in [4.69, 9.17) is 5.11 Å². The first kappa shape index (κ1) is 12.7. The molecule has 1 aliphatic carbocycles. The summed E-state index contributed by atoms with van der Waals surface area (Å²) in [5, 5.41) is 8.66. The summed E-state index contributed by atoms with van der Waals surface area (Å²) < 4.78 is 0. The SMILES string of the molecule is CCN(C(=O)c1cccc(C#CCO)c1)C1CC1. The molecule has 1 amide bonds. The normalized spacial score (nSPS) is 13.7. The minimum Gasteiger partial charge on any atom is -0.384 e. The highest BCUT2D eigenvalue weighted by Gasteiger charge is 2.31. The molecule has 2 rings (SSSR count). The van der Waals surface area contributed by atoms with Gasteiger partial charge in [-0.2, -0.15) is 0 Å². The number of aliphatic hydroxyl groups is 1. The van der Waals surface area contributed by atoms with Gasteiger partial charge in [-0.05, 0) is 38.0 Å². The summed E-state index contributed by atoms with van der Waals surface area (Å²) in [6.45, 7) is 2.59. The zero-order chi connectivity index (χ0) is 13.0. The Morgan fingerprint density at radius 1 is 1.50 bits per heavy atom. The predicted molar refractivity (Wildman–Crippen MR) is 70.1 cm³/mol. The Bertz CT molecular complexity index is 495. The quantitative estimate of drug-likeness (QED) is 0.820. The molecule has 0 aliphatic heterocycles. The van der Waals surface area contributed by atoms with Gasteiger partial charge in [-0.15, -0.1) is 0 Å². The maximum Gasteiger partial charge on any atom is 0.254 e. The summed E-state index contributed by atoms with van der Waals surface area (Å²) in [7, 11) is 0. The van der Waals surface area contributed by atoms with Crippen molar-refractivity contribution in [3.8, 4) is 11.8 Å². The van der Waals surface area contributed by atoms with E-state index in [-0.39, 0.29) is 12.5 Å². The highest BCUT2D eigenvalue weighted by Crippen LogP contribution is 2.27. The molecule has 0 aromatic heterocycles. The number of amides is 1. The Morgan fingerprint density at radius 3 is 2.89 bits per heavy atom. The number of rotatable bonds is 3. The number of nitrogens with zero attached hydrogens (tertiary/aromatic N) is 1. The molecule has 3 nitrogen and oxygen atoms in total. The van der Waals surface area contributed by atoms with Crippen LogP contribution in [0.3, 0.4) is 0 Å². The van der Waals surface area contributed by atoms with Crippen LogP contribution in [-0.2, 0) is 0 Å². The summed E-state index contributed by atoms with van der Waals surface area (Å²) in [6.07, 6.45) is 2.23. The van der Waals surface area contributed by atoms with Gasteiger partial charge < -0.3 is 10.0 Å². The van der Waals surface area contributed by atoms with Gasteiger partial charge in [0.25, 0.3) is 5.91 Å². The topological polar surface area (TPSA) is 40.5 Å². The third-order valence-corrected chi connectivity index (χ3v) is 3.01. The van der Waals surface area contributed by atoms with Crippen LogP contribution in [0.25, 0.3) is 0 Å². The van der Waals surface area contributed by atoms with Crippen LogP contribution in [0.1, 0.15) is 35.7 Å². The van der Waals surface area contributed by atoms with Crippen molar-refractivity contribution >= 4 is 5.91 Å². The lowest BCUT2D eigenvalue weighted by atomic mass is 10.1. The van der Waals surface area contributed by atoms with E-state index in [9.17, 15) is 4.79 Å². The third-order valence-electron chi connectivity index (χ3n) is 3.01. The molecule has 1 aromatic carbocycles. The third kappa shape index (κ3) is 2.91. The van der Waals surface area contributed by atoms with E-state index in [0.717, 1.165) is 24.9 Å². The van der Waals surface area contributed by atoms with Gasteiger partial charge in [0.2, 0.25) is 0 Å². The number of aliphatic hydroxyl groups excluding tert-OH is 1. The van der Waals surface area contributed by atoms with Gasteiger partial charge in [0, 0.05) is 23.7 Å². The smallest absolute Gasteiger partial charge is 0.254 e. The molecule has 3 heteroatoms. The van der Waals surface area contributed by atoms with E-state index >= 15 is 0 Å². The lowest BCUT2D eigenvalue weighted by Gasteiger charge is -2.20. The molecule has 0 atom stereocenters. The molecule has 1 aliphatic rings. The molecule has 1 fully saturated rings. The second kappa shape index (κ2) is 5.70. The van der Waals surface area contributed by atoms with Crippen molar-refractivity contribution in [2.45, 2.75) is 25.8 Å². The molecule has 94 valence electrons. The number of benzene rings is 1. The standard InChI is InChI=1S/C15H17NO2/c1-2-16(14-8-9-14)15(18)13-7-3-5-12(11-13)6-4-10-17/h3,5,7,11,14,17H,2,8-10H2,1H3. The average Bonchev–Trinajstić information content (AvgIpc) is 3.22. The maximum atomic E-state index is 12.3. The zero-order valence-corrected chi connectivity index (χ0v) is 10.5. The van der Waals surface area contributed by atoms with Gasteiger partial charge in [0.15, 0.2) is 0 Å². The van der Waals surface area contributed by atoms with Crippen molar-refractivity contribution in [1.29, 1.82) is 0 Å². The predicted octanol–water partition coefficient (Wildman–Crippen LogP) is 1.65. The number of carbonyl (C=O) groups is 1.